The Balaban J connectivity index is 2.02. The second-order valence-corrected chi connectivity index (χ2v) is 6.06. The molecule has 4 heteroatoms. The van der Waals surface area contributed by atoms with Crippen LogP contribution in [0.5, 0.6) is 0 Å². The van der Waals surface area contributed by atoms with Crippen molar-refractivity contribution in [1.29, 1.82) is 0 Å². The number of nitrogens with zero attached hydrogens (tertiary/aromatic N) is 3. The molecule has 1 N–H and O–H groups in total. The lowest BCUT2D eigenvalue weighted by Crippen LogP contribution is -2.50. The molecule has 4 nitrogen and oxygen atoms in total. The zero-order valence-electron chi connectivity index (χ0n) is 11.7. The Kier molecular flexibility index (Phi) is 4.17. The zero-order valence-corrected chi connectivity index (χ0v) is 11.7. The Morgan fingerprint density at radius 2 is 2.22 bits per heavy atom. The number of anilines is 1. The van der Waals surface area contributed by atoms with Crippen LogP contribution in [0.4, 0.5) is 5.82 Å². The molecule has 18 heavy (non-hydrogen) atoms. The summed E-state index contributed by atoms with van der Waals surface area (Å²) in [7, 11) is 0. The monoisotopic (exact) mass is 248 g/mol. The molecule has 1 fully saturated rings. The largest absolute Gasteiger partial charge is 0.351 e. The van der Waals surface area contributed by atoms with Gasteiger partial charge >= 0.3 is 0 Å². The van der Waals surface area contributed by atoms with Crippen molar-refractivity contribution in [3.63, 3.8) is 0 Å². The van der Waals surface area contributed by atoms with Crippen LogP contribution in [0, 0.1) is 0 Å². The average Bonchev–Trinajstić information content (AvgIpc) is 2.37. The van der Waals surface area contributed by atoms with E-state index in [0.29, 0.717) is 6.04 Å². The summed E-state index contributed by atoms with van der Waals surface area (Å²) >= 11 is 0. The van der Waals surface area contributed by atoms with Crippen molar-refractivity contribution in [3.8, 4) is 0 Å². The fourth-order valence-corrected chi connectivity index (χ4v) is 2.38. The molecule has 0 aliphatic carbocycles. The summed E-state index contributed by atoms with van der Waals surface area (Å²) in [4.78, 5) is 2.40. The van der Waals surface area contributed by atoms with E-state index >= 15 is 0 Å². The summed E-state index contributed by atoms with van der Waals surface area (Å²) < 4.78 is 0. The van der Waals surface area contributed by atoms with E-state index in [1.54, 1.807) is 6.20 Å². The first-order valence-electron chi connectivity index (χ1n) is 6.86. The van der Waals surface area contributed by atoms with Gasteiger partial charge in [-0.05, 0) is 52.2 Å². The molecule has 0 radical (unpaired) electrons. The van der Waals surface area contributed by atoms with Gasteiger partial charge in [-0.2, -0.15) is 5.10 Å². The molecule has 1 atom stereocenters. The molecule has 100 valence electrons. The first kappa shape index (κ1) is 13.3. The SMILES string of the molecule is CC(C)(C)NCC1CCCCN1c1cccnn1. The number of hydrogen-bond acceptors (Lipinski definition) is 4. The van der Waals surface area contributed by atoms with Crippen molar-refractivity contribution in [2.75, 3.05) is 18.0 Å². The Morgan fingerprint density at radius 1 is 1.39 bits per heavy atom. The summed E-state index contributed by atoms with van der Waals surface area (Å²) in [5.41, 5.74) is 0.172. The maximum atomic E-state index is 4.25. The fraction of sp³-hybridized carbons (Fsp3) is 0.714. The molecule has 1 unspecified atom stereocenters. The lowest BCUT2D eigenvalue weighted by Gasteiger charge is -2.38. The average molecular weight is 248 g/mol. The maximum absolute atomic E-state index is 4.25. The Bertz CT molecular complexity index is 358. The third kappa shape index (κ3) is 3.67. The van der Waals surface area contributed by atoms with E-state index < -0.39 is 0 Å². The molecule has 1 aliphatic rings. The van der Waals surface area contributed by atoms with Crippen molar-refractivity contribution in [2.45, 2.75) is 51.6 Å². The molecule has 1 aromatic heterocycles. The molecule has 0 saturated carbocycles. The van der Waals surface area contributed by atoms with Gasteiger partial charge in [-0.25, -0.2) is 0 Å². The lowest BCUT2D eigenvalue weighted by molar-refractivity contribution is 0.365. The molecule has 2 rings (SSSR count). The molecule has 1 aromatic rings. The summed E-state index contributed by atoms with van der Waals surface area (Å²) in [6, 6.07) is 4.56. The van der Waals surface area contributed by atoms with Crippen LogP contribution in [0.1, 0.15) is 40.0 Å². The van der Waals surface area contributed by atoms with Gasteiger partial charge in [0.1, 0.15) is 0 Å². The lowest BCUT2D eigenvalue weighted by atomic mass is 10.0. The second-order valence-electron chi connectivity index (χ2n) is 6.06. The van der Waals surface area contributed by atoms with Crippen LogP contribution in [-0.2, 0) is 0 Å². The highest BCUT2D eigenvalue weighted by Crippen LogP contribution is 2.22. The quantitative estimate of drug-likeness (QED) is 0.890. The second kappa shape index (κ2) is 5.65. The van der Waals surface area contributed by atoms with E-state index in [9.17, 15) is 0 Å². The van der Waals surface area contributed by atoms with Crippen LogP contribution in [0.15, 0.2) is 18.3 Å². The van der Waals surface area contributed by atoms with Crippen LogP contribution in [-0.4, -0.2) is 34.9 Å². The standard InChI is InChI=1S/C14H24N4/c1-14(2,3)15-11-12-7-4-5-10-18(12)13-8-6-9-16-17-13/h6,8-9,12,15H,4-5,7,10-11H2,1-3H3. The first-order chi connectivity index (χ1) is 8.56. The van der Waals surface area contributed by atoms with Crippen molar-refractivity contribution in [2.24, 2.45) is 0 Å². The van der Waals surface area contributed by atoms with Crippen LogP contribution >= 0.6 is 0 Å². The molecule has 1 aliphatic heterocycles. The molecule has 0 amide bonds. The topological polar surface area (TPSA) is 41.0 Å². The van der Waals surface area contributed by atoms with Crippen LogP contribution in [0.3, 0.4) is 0 Å². The summed E-state index contributed by atoms with van der Waals surface area (Å²) in [5, 5.41) is 11.8. The molecular formula is C14H24N4. The summed E-state index contributed by atoms with van der Waals surface area (Å²) in [6.07, 6.45) is 5.53. The van der Waals surface area contributed by atoms with Gasteiger partial charge in [0.05, 0.1) is 0 Å². The fourth-order valence-electron chi connectivity index (χ4n) is 2.38. The highest BCUT2D eigenvalue weighted by molar-refractivity contribution is 5.38. The predicted molar refractivity (Wildman–Crippen MR) is 74.8 cm³/mol. The van der Waals surface area contributed by atoms with Gasteiger partial charge in [-0.1, -0.05) is 0 Å². The zero-order chi connectivity index (χ0) is 13.0. The van der Waals surface area contributed by atoms with Crippen LogP contribution in [0.2, 0.25) is 0 Å². The van der Waals surface area contributed by atoms with E-state index in [1.165, 1.54) is 19.3 Å². The Morgan fingerprint density at radius 3 is 2.89 bits per heavy atom. The first-order valence-corrected chi connectivity index (χ1v) is 6.86. The minimum atomic E-state index is 0.172. The smallest absolute Gasteiger partial charge is 0.151 e. The molecule has 0 spiro atoms. The van der Waals surface area contributed by atoms with E-state index in [4.69, 9.17) is 0 Å². The molecule has 1 saturated heterocycles. The third-order valence-corrected chi connectivity index (χ3v) is 3.35. The molecule has 2 heterocycles. The van der Waals surface area contributed by atoms with E-state index in [-0.39, 0.29) is 5.54 Å². The van der Waals surface area contributed by atoms with Gasteiger partial charge in [0.25, 0.3) is 0 Å². The van der Waals surface area contributed by atoms with Gasteiger partial charge in [-0.3, -0.25) is 0 Å². The van der Waals surface area contributed by atoms with Gasteiger partial charge in [0.15, 0.2) is 5.82 Å². The number of aromatic nitrogens is 2. The number of piperidine rings is 1. The van der Waals surface area contributed by atoms with Gasteiger partial charge in [0, 0.05) is 30.9 Å². The Labute approximate surface area is 110 Å². The predicted octanol–water partition coefficient (Wildman–Crippen LogP) is 2.22. The van der Waals surface area contributed by atoms with E-state index in [1.807, 2.05) is 6.07 Å². The van der Waals surface area contributed by atoms with Gasteiger partial charge < -0.3 is 10.2 Å². The number of rotatable bonds is 3. The van der Waals surface area contributed by atoms with Crippen molar-refractivity contribution >= 4 is 5.82 Å². The number of hydrogen-bond donors (Lipinski definition) is 1. The summed E-state index contributed by atoms with van der Waals surface area (Å²) in [6.45, 7) is 8.74. The third-order valence-electron chi connectivity index (χ3n) is 3.35. The molecular weight excluding hydrogens is 224 g/mol. The molecule has 0 bridgehead atoms. The minimum Gasteiger partial charge on any atom is -0.351 e. The van der Waals surface area contributed by atoms with E-state index in [0.717, 1.165) is 18.9 Å². The normalized spacial score (nSPS) is 21.1. The summed E-state index contributed by atoms with van der Waals surface area (Å²) in [5.74, 6) is 1.01. The highest BCUT2D eigenvalue weighted by Gasteiger charge is 2.24. The van der Waals surface area contributed by atoms with Crippen LogP contribution in [0.25, 0.3) is 0 Å². The van der Waals surface area contributed by atoms with Crippen molar-refractivity contribution < 1.29 is 0 Å². The van der Waals surface area contributed by atoms with Gasteiger partial charge in [0.2, 0.25) is 0 Å². The number of nitrogens with one attached hydrogen (secondary N) is 1. The van der Waals surface area contributed by atoms with Crippen LogP contribution < -0.4 is 10.2 Å². The van der Waals surface area contributed by atoms with Crippen molar-refractivity contribution in [3.05, 3.63) is 18.3 Å². The molecule has 0 aromatic carbocycles. The van der Waals surface area contributed by atoms with Gasteiger partial charge in [-0.15, -0.1) is 5.10 Å². The highest BCUT2D eigenvalue weighted by atomic mass is 15.3. The van der Waals surface area contributed by atoms with Crippen molar-refractivity contribution in [1.82, 2.24) is 15.5 Å². The Hall–Kier alpha value is -1.16. The minimum absolute atomic E-state index is 0.172. The van der Waals surface area contributed by atoms with E-state index in [2.05, 4.69) is 47.3 Å². The maximum Gasteiger partial charge on any atom is 0.151 e.